The molecular weight excluding hydrogens is 286 g/mol. The van der Waals surface area contributed by atoms with Gasteiger partial charge in [-0.1, -0.05) is 56.2 Å². The van der Waals surface area contributed by atoms with Gasteiger partial charge in [-0.3, -0.25) is 4.79 Å². The molecular formula is C20H25NO2. The molecule has 0 unspecified atom stereocenters. The molecule has 2 rings (SSSR count). The van der Waals surface area contributed by atoms with E-state index in [1.165, 1.54) is 5.56 Å². The standard InChI is InChI=1S/C20H25NO2/c1-14-6-9-16(10-7-14)21-19(22)13-23-18-11-8-15(2)12-17(18)20(3,4)5/h6-12H,13H2,1-5H3,(H,21,22). The van der Waals surface area contributed by atoms with Crippen LogP contribution in [0.5, 0.6) is 5.75 Å². The average molecular weight is 311 g/mol. The summed E-state index contributed by atoms with van der Waals surface area (Å²) in [5, 5.41) is 2.85. The fourth-order valence-electron chi connectivity index (χ4n) is 2.33. The first-order valence-electron chi connectivity index (χ1n) is 7.86. The van der Waals surface area contributed by atoms with Gasteiger partial charge in [-0.15, -0.1) is 0 Å². The van der Waals surface area contributed by atoms with Gasteiger partial charge in [-0.05, 0) is 43.0 Å². The van der Waals surface area contributed by atoms with Gasteiger partial charge in [0.1, 0.15) is 5.75 Å². The van der Waals surface area contributed by atoms with E-state index in [1.54, 1.807) is 0 Å². The molecule has 0 fully saturated rings. The van der Waals surface area contributed by atoms with E-state index in [0.29, 0.717) is 0 Å². The largest absolute Gasteiger partial charge is 0.483 e. The molecule has 0 bridgehead atoms. The molecule has 0 aromatic heterocycles. The molecule has 2 aromatic carbocycles. The number of hydrogen-bond acceptors (Lipinski definition) is 2. The van der Waals surface area contributed by atoms with Crippen LogP contribution in [0.3, 0.4) is 0 Å². The van der Waals surface area contributed by atoms with E-state index in [2.05, 4.69) is 39.1 Å². The lowest BCUT2D eigenvalue weighted by Crippen LogP contribution is -2.22. The molecule has 0 radical (unpaired) electrons. The van der Waals surface area contributed by atoms with Crippen LogP contribution < -0.4 is 10.1 Å². The fraction of sp³-hybridized carbons (Fsp3) is 0.350. The zero-order chi connectivity index (χ0) is 17.0. The molecule has 1 N–H and O–H groups in total. The Hall–Kier alpha value is -2.29. The number of rotatable bonds is 4. The van der Waals surface area contributed by atoms with Crippen LogP contribution in [0.2, 0.25) is 0 Å². The molecule has 0 saturated carbocycles. The minimum absolute atomic E-state index is 0.0000172. The van der Waals surface area contributed by atoms with Crippen molar-refractivity contribution in [3.05, 3.63) is 59.2 Å². The molecule has 122 valence electrons. The van der Waals surface area contributed by atoms with E-state index in [-0.39, 0.29) is 17.9 Å². The van der Waals surface area contributed by atoms with E-state index < -0.39 is 0 Å². The Morgan fingerprint density at radius 1 is 1.00 bits per heavy atom. The maximum Gasteiger partial charge on any atom is 0.262 e. The van der Waals surface area contributed by atoms with Gasteiger partial charge < -0.3 is 10.1 Å². The van der Waals surface area contributed by atoms with E-state index in [9.17, 15) is 4.79 Å². The first-order valence-corrected chi connectivity index (χ1v) is 7.86. The molecule has 0 atom stereocenters. The molecule has 23 heavy (non-hydrogen) atoms. The molecule has 1 amide bonds. The lowest BCUT2D eigenvalue weighted by molar-refractivity contribution is -0.118. The first kappa shape index (κ1) is 17.1. The van der Waals surface area contributed by atoms with Gasteiger partial charge >= 0.3 is 0 Å². The minimum Gasteiger partial charge on any atom is -0.483 e. The van der Waals surface area contributed by atoms with Crippen molar-refractivity contribution in [2.24, 2.45) is 0 Å². The third-order valence-electron chi connectivity index (χ3n) is 3.64. The molecule has 3 heteroatoms. The number of carbonyl (C=O) groups excluding carboxylic acids is 1. The Kier molecular flexibility index (Phi) is 5.09. The topological polar surface area (TPSA) is 38.3 Å². The maximum absolute atomic E-state index is 12.1. The summed E-state index contributed by atoms with van der Waals surface area (Å²) in [4.78, 5) is 12.1. The van der Waals surface area contributed by atoms with Crippen LogP contribution in [0.4, 0.5) is 5.69 Å². The van der Waals surface area contributed by atoms with Crippen LogP contribution in [0.1, 0.15) is 37.5 Å². The summed E-state index contributed by atoms with van der Waals surface area (Å²) in [7, 11) is 0. The summed E-state index contributed by atoms with van der Waals surface area (Å²) in [5.74, 6) is 0.608. The van der Waals surface area contributed by atoms with E-state index >= 15 is 0 Å². The van der Waals surface area contributed by atoms with Crippen molar-refractivity contribution in [3.63, 3.8) is 0 Å². The Morgan fingerprint density at radius 2 is 1.61 bits per heavy atom. The van der Waals surface area contributed by atoms with Crippen molar-refractivity contribution >= 4 is 11.6 Å². The van der Waals surface area contributed by atoms with Crippen LogP contribution >= 0.6 is 0 Å². The van der Waals surface area contributed by atoms with Crippen molar-refractivity contribution in [1.82, 2.24) is 0 Å². The highest BCUT2D eigenvalue weighted by molar-refractivity contribution is 5.91. The highest BCUT2D eigenvalue weighted by Crippen LogP contribution is 2.32. The maximum atomic E-state index is 12.1. The van der Waals surface area contributed by atoms with Gasteiger partial charge in [0.15, 0.2) is 6.61 Å². The summed E-state index contributed by atoms with van der Waals surface area (Å²) in [5.41, 5.74) is 4.21. The first-order chi connectivity index (χ1) is 10.8. The van der Waals surface area contributed by atoms with Crippen LogP contribution in [-0.4, -0.2) is 12.5 Å². The van der Waals surface area contributed by atoms with E-state index in [1.807, 2.05) is 43.3 Å². The SMILES string of the molecule is Cc1ccc(NC(=O)COc2ccc(C)cc2C(C)(C)C)cc1. The van der Waals surface area contributed by atoms with Gasteiger partial charge in [0.25, 0.3) is 5.91 Å². The number of aryl methyl sites for hydroxylation is 2. The highest BCUT2D eigenvalue weighted by Gasteiger charge is 2.19. The number of anilines is 1. The number of hydrogen-bond donors (Lipinski definition) is 1. The zero-order valence-electron chi connectivity index (χ0n) is 14.6. The summed E-state index contributed by atoms with van der Waals surface area (Å²) in [6, 6.07) is 13.8. The van der Waals surface area contributed by atoms with Gasteiger partial charge in [-0.25, -0.2) is 0 Å². The van der Waals surface area contributed by atoms with Crippen molar-refractivity contribution < 1.29 is 9.53 Å². The molecule has 0 aliphatic carbocycles. The smallest absolute Gasteiger partial charge is 0.262 e. The van der Waals surface area contributed by atoms with Gasteiger partial charge in [-0.2, -0.15) is 0 Å². The second kappa shape index (κ2) is 6.86. The molecule has 0 aliphatic heterocycles. The molecule has 0 aliphatic rings. The summed E-state index contributed by atoms with van der Waals surface area (Å²) in [6.45, 7) is 10.5. The minimum atomic E-state index is -0.158. The fourth-order valence-corrected chi connectivity index (χ4v) is 2.33. The van der Waals surface area contributed by atoms with Gasteiger partial charge in [0.2, 0.25) is 0 Å². The monoisotopic (exact) mass is 311 g/mol. The van der Waals surface area contributed by atoms with Gasteiger partial charge in [0, 0.05) is 5.69 Å². The van der Waals surface area contributed by atoms with Crippen molar-refractivity contribution in [1.29, 1.82) is 0 Å². The second-order valence-corrected chi connectivity index (χ2v) is 6.95. The van der Waals surface area contributed by atoms with Crippen LogP contribution in [0.15, 0.2) is 42.5 Å². The number of nitrogens with one attached hydrogen (secondary N) is 1. The van der Waals surface area contributed by atoms with Gasteiger partial charge in [0.05, 0.1) is 0 Å². The molecule has 0 spiro atoms. The van der Waals surface area contributed by atoms with Crippen molar-refractivity contribution in [3.8, 4) is 5.75 Å². The van der Waals surface area contributed by atoms with Crippen LogP contribution in [0.25, 0.3) is 0 Å². The lowest BCUT2D eigenvalue weighted by atomic mass is 9.85. The number of ether oxygens (including phenoxy) is 1. The van der Waals surface area contributed by atoms with Crippen LogP contribution in [-0.2, 0) is 10.2 Å². The molecule has 0 heterocycles. The predicted molar refractivity (Wildman–Crippen MR) is 95.2 cm³/mol. The third-order valence-corrected chi connectivity index (χ3v) is 3.64. The van der Waals surface area contributed by atoms with Crippen molar-refractivity contribution in [2.45, 2.75) is 40.0 Å². The second-order valence-electron chi connectivity index (χ2n) is 6.95. The number of carbonyl (C=O) groups is 1. The summed E-state index contributed by atoms with van der Waals surface area (Å²) in [6.07, 6.45) is 0. The Bertz CT molecular complexity index is 682. The Labute approximate surface area is 138 Å². The Morgan fingerprint density at radius 3 is 2.22 bits per heavy atom. The zero-order valence-corrected chi connectivity index (χ0v) is 14.6. The summed E-state index contributed by atoms with van der Waals surface area (Å²) >= 11 is 0. The molecule has 2 aromatic rings. The predicted octanol–water partition coefficient (Wildman–Crippen LogP) is 4.62. The number of benzene rings is 2. The Balaban J connectivity index is 2.03. The average Bonchev–Trinajstić information content (AvgIpc) is 2.47. The highest BCUT2D eigenvalue weighted by atomic mass is 16.5. The molecule has 3 nitrogen and oxygen atoms in total. The summed E-state index contributed by atoms with van der Waals surface area (Å²) < 4.78 is 5.76. The quantitative estimate of drug-likeness (QED) is 0.895. The lowest BCUT2D eigenvalue weighted by Gasteiger charge is -2.23. The molecule has 0 saturated heterocycles. The van der Waals surface area contributed by atoms with Crippen LogP contribution in [0, 0.1) is 13.8 Å². The normalized spacial score (nSPS) is 11.2. The van der Waals surface area contributed by atoms with Crippen molar-refractivity contribution in [2.75, 3.05) is 11.9 Å². The third kappa shape index (κ3) is 4.85. The number of amides is 1. The van der Waals surface area contributed by atoms with E-state index in [0.717, 1.165) is 22.6 Å². The van der Waals surface area contributed by atoms with E-state index in [4.69, 9.17) is 4.74 Å².